The largest absolute Gasteiger partial charge is 0.459 e. The van der Waals surface area contributed by atoms with Crippen LogP contribution in [0.4, 0.5) is 0 Å². The standard InChI is InChI=1S/C14H14O3/c1-11(7-6-10-13(15)17-2)14(16)12-8-4-3-5-9-12/h3-5,8-9,11H,7H2,1-2H3/t11-/m1/s1. The number of benzene rings is 1. The van der Waals surface area contributed by atoms with Crippen LogP contribution < -0.4 is 0 Å². The van der Waals surface area contributed by atoms with Gasteiger partial charge in [-0.05, 0) is 0 Å². The van der Waals surface area contributed by atoms with E-state index in [-0.39, 0.29) is 11.7 Å². The number of methoxy groups -OCH3 is 1. The van der Waals surface area contributed by atoms with Gasteiger partial charge in [0.05, 0.1) is 7.11 Å². The third-order valence-corrected chi connectivity index (χ3v) is 2.29. The Balaban J connectivity index is 2.59. The predicted molar refractivity (Wildman–Crippen MR) is 64.3 cm³/mol. The van der Waals surface area contributed by atoms with Crippen LogP contribution in [0.15, 0.2) is 30.3 Å². The number of carbonyl (C=O) groups excluding carboxylic acids is 2. The van der Waals surface area contributed by atoms with Gasteiger partial charge in [0.1, 0.15) is 0 Å². The number of hydrogen-bond acceptors (Lipinski definition) is 3. The lowest BCUT2D eigenvalue weighted by Gasteiger charge is -2.05. The molecule has 0 aliphatic heterocycles. The molecule has 3 heteroatoms. The number of hydrogen-bond donors (Lipinski definition) is 0. The highest BCUT2D eigenvalue weighted by Gasteiger charge is 2.13. The van der Waals surface area contributed by atoms with E-state index in [0.717, 1.165) is 0 Å². The van der Waals surface area contributed by atoms with E-state index in [4.69, 9.17) is 0 Å². The molecule has 0 aliphatic carbocycles. The molecule has 0 aliphatic rings. The summed E-state index contributed by atoms with van der Waals surface area (Å²) < 4.78 is 4.38. The van der Waals surface area contributed by atoms with Crippen molar-refractivity contribution in [2.24, 2.45) is 5.92 Å². The lowest BCUT2D eigenvalue weighted by Crippen LogP contribution is -2.10. The molecule has 0 saturated heterocycles. The summed E-state index contributed by atoms with van der Waals surface area (Å²) in [7, 11) is 1.27. The Morgan fingerprint density at radius 1 is 1.29 bits per heavy atom. The Bertz CT molecular complexity index is 451. The second-order valence-electron chi connectivity index (χ2n) is 3.63. The minimum absolute atomic E-state index is 0.0322. The number of Topliss-reactive ketones (excluding diaryl/α,β-unsaturated/α-hetero) is 1. The third kappa shape index (κ3) is 4.12. The molecule has 17 heavy (non-hydrogen) atoms. The smallest absolute Gasteiger partial charge is 0.384 e. The zero-order valence-corrected chi connectivity index (χ0v) is 9.90. The number of esters is 1. The highest BCUT2D eigenvalue weighted by atomic mass is 16.5. The van der Waals surface area contributed by atoms with Crippen LogP contribution in [-0.2, 0) is 9.53 Å². The van der Waals surface area contributed by atoms with Crippen LogP contribution in [0.5, 0.6) is 0 Å². The monoisotopic (exact) mass is 230 g/mol. The Hall–Kier alpha value is -2.08. The first-order valence-corrected chi connectivity index (χ1v) is 5.31. The molecule has 0 radical (unpaired) electrons. The molecule has 1 aromatic rings. The normalized spacial score (nSPS) is 10.9. The predicted octanol–water partition coefficient (Wildman–Crippen LogP) is 2.07. The van der Waals surface area contributed by atoms with Crippen molar-refractivity contribution < 1.29 is 14.3 Å². The van der Waals surface area contributed by atoms with Crippen LogP contribution in [0.3, 0.4) is 0 Å². The van der Waals surface area contributed by atoms with E-state index in [1.165, 1.54) is 7.11 Å². The molecule has 0 N–H and O–H groups in total. The second-order valence-corrected chi connectivity index (χ2v) is 3.63. The van der Waals surface area contributed by atoms with Gasteiger partial charge in [-0.1, -0.05) is 43.2 Å². The molecular formula is C14H14O3. The highest BCUT2D eigenvalue weighted by molar-refractivity contribution is 5.97. The summed E-state index contributed by atoms with van der Waals surface area (Å²) >= 11 is 0. The van der Waals surface area contributed by atoms with Crippen molar-refractivity contribution in [2.75, 3.05) is 7.11 Å². The molecule has 0 amide bonds. The fourth-order valence-electron chi connectivity index (χ4n) is 1.31. The summed E-state index contributed by atoms with van der Waals surface area (Å²) in [6.45, 7) is 1.79. The van der Waals surface area contributed by atoms with Gasteiger partial charge in [-0.15, -0.1) is 0 Å². The first kappa shape index (κ1) is 13.0. The Labute approximate surface area is 101 Å². The van der Waals surface area contributed by atoms with Crippen molar-refractivity contribution in [3.8, 4) is 11.8 Å². The quantitative estimate of drug-likeness (QED) is 0.345. The maximum absolute atomic E-state index is 11.9. The van der Waals surface area contributed by atoms with E-state index in [1.807, 2.05) is 18.2 Å². The van der Waals surface area contributed by atoms with Crippen LogP contribution >= 0.6 is 0 Å². The van der Waals surface area contributed by atoms with Gasteiger partial charge in [-0.3, -0.25) is 4.79 Å². The summed E-state index contributed by atoms with van der Waals surface area (Å²) in [5, 5.41) is 0. The first-order valence-electron chi connectivity index (χ1n) is 5.31. The molecule has 1 atom stereocenters. The molecule has 0 heterocycles. The van der Waals surface area contributed by atoms with Gasteiger partial charge < -0.3 is 4.74 Å². The summed E-state index contributed by atoms with van der Waals surface area (Å²) in [5.74, 6) is 4.17. The second kappa shape index (κ2) is 6.49. The first-order chi connectivity index (χ1) is 8.15. The van der Waals surface area contributed by atoms with Gasteiger partial charge >= 0.3 is 5.97 Å². The van der Waals surface area contributed by atoms with E-state index >= 15 is 0 Å². The molecule has 3 nitrogen and oxygen atoms in total. The Morgan fingerprint density at radius 2 is 1.94 bits per heavy atom. The van der Waals surface area contributed by atoms with E-state index < -0.39 is 5.97 Å². The molecule has 0 fully saturated rings. The Kier molecular flexibility index (Phi) is 4.96. The summed E-state index contributed by atoms with van der Waals surface area (Å²) in [4.78, 5) is 22.7. The van der Waals surface area contributed by atoms with Crippen LogP contribution in [-0.4, -0.2) is 18.9 Å². The molecule has 0 spiro atoms. The number of ether oxygens (including phenoxy) is 1. The van der Waals surface area contributed by atoms with Crippen LogP contribution in [0.1, 0.15) is 23.7 Å². The van der Waals surface area contributed by atoms with Crippen molar-refractivity contribution in [2.45, 2.75) is 13.3 Å². The molecule has 0 aromatic heterocycles. The zero-order valence-electron chi connectivity index (χ0n) is 9.90. The minimum Gasteiger partial charge on any atom is -0.459 e. The molecular weight excluding hydrogens is 216 g/mol. The summed E-state index contributed by atoms with van der Waals surface area (Å²) in [6, 6.07) is 9.04. The molecule has 0 saturated carbocycles. The topological polar surface area (TPSA) is 43.4 Å². The maximum Gasteiger partial charge on any atom is 0.384 e. The number of carbonyl (C=O) groups is 2. The zero-order chi connectivity index (χ0) is 12.7. The summed E-state index contributed by atoms with van der Waals surface area (Å²) in [6.07, 6.45) is 0.350. The van der Waals surface area contributed by atoms with Gasteiger partial charge in [0.25, 0.3) is 0 Å². The van der Waals surface area contributed by atoms with E-state index in [1.54, 1.807) is 19.1 Å². The van der Waals surface area contributed by atoms with Crippen molar-refractivity contribution in [1.82, 2.24) is 0 Å². The van der Waals surface area contributed by atoms with Crippen molar-refractivity contribution >= 4 is 11.8 Å². The lowest BCUT2D eigenvalue weighted by atomic mass is 9.97. The van der Waals surface area contributed by atoms with Gasteiger partial charge in [0, 0.05) is 23.8 Å². The third-order valence-electron chi connectivity index (χ3n) is 2.29. The Morgan fingerprint density at radius 3 is 2.53 bits per heavy atom. The van der Waals surface area contributed by atoms with Crippen LogP contribution in [0.2, 0.25) is 0 Å². The van der Waals surface area contributed by atoms with Crippen LogP contribution in [0.25, 0.3) is 0 Å². The van der Waals surface area contributed by atoms with Crippen molar-refractivity contribution in [1.29, 1.82) is 0 Å². The maximum atomic E-state index is 11.9. The van der Waals surface area contributed by atoms with Gasteiger partial charge in [0.15, 0.2) is 5.78 Å². The SMILES string of the molecule is COC(=O)C#CC[C@@H](C)C(=O)c1ccccc1. The lowest BCUT2D eigenvalue weighted by molar-refractivity contribution is -0.133. The van der Waals surface area contributed by atoms with Gasteiger partial charge in [0.2, 0.25) is 0 Å². The molecule has 0 unspecified atom stereocenters. The van der Waals surface area contributed by atoms with E-state index in [0.29, 0.717) is 12.0 Å². The average Bonchev–Trinajstić information content (AvgIpc) is 2.38. The number of rotatable bonds is 3. The van der Waals surface area contributed by atoms with Gasteiger partial charge in [-0.2, -0.15) is 0 Å². The van der Waals surface area contributed by atoms with Crippen LogP contribution in [0, 0.1) is 17.8 Å². The van der Waals surface area contributed by atoms with E-state index in [2.05, 4.69) is 16.6 Å². The molecule has 1 rings (SSSR count). The minimum atomic E-state index is -0.579. The molecule has 1 aromatic carbocycles. The average molecular weight is 230 g/mol. The molecule has 0 bridgehead atoms. The van der Waals surface area contributed by atoms with Crippen molar-refractivity contribution in [3.63, 3.8) is 0 Å². The fourth-order valence-corrected chi connectivity index (χ4v) is 1.31. The van der Waals surface area contributed by atoms with E-state index in [9.17, 15) is 9.59 Å². The van der Waals surface area contributed by atoms with Crippen molar-refractivity contribution in [3.05, 3.63) is 35.9 Å². The van der Waals surface area contributed by atoms with Gasteiger partial charge in [-0.25, -0.2) is 4.79 Å². The fraction of sp³-hybridized carbons (Fsp3) is 0.286. The molecule has 88 valence electrons. The number of ketones is 1. The summed E-state index contributed by atoms with van der Waals surface area (Å²) in [5.41, 5.74) is 0.667. The highest BCUT2D eigenvalue weighted by Crippen LogP contribution is 2.11.